The van der Waals surface area contributed by atoms with E-state index in [2.05, 4.69) is 15.6 Å². The van der Waals surface area contributed by atoms with Crippen molar-refractivity contribution >= 4 is 34.4 Å². The number of fused-ring (bicyclic) bond motifs is 1. The Labute approximate surface area is 262 Å². The molecule has 1 atom stereocenters. The minimum Gasteiger partial charge on any atom is -0.493 e. The number of anilines is 1. The number of benzene rings is 3. The molecule has 10 heteroatoms. The molecule has 1 aromatic heterocycles. The molecular weight excluding hydrogens is 574 g/mol. The van der Waals surface area contributed by atoms with Gasteiger partial charge in [-0.3, -0.25) is 14.4 Å². The molecule has 4 rings (SSSR count). The van der Waals surface area contributed by atoms with Crippen molar-refractivity contribution in [2.75, 3.05) is 26.1 Å². The molecule has 0 saturated carbocycles. The Kier molecular flexibility index (Phi) is 10.3. The van der Waals surface area contributed by atoms with Crippen LogP contribution in [-0.4, -0.2) is 49.1 Å². The fraction of sp³-hybridized carbons (Fsp3) is 0.314. The lowest BCUT2D eigenvalue weighted by atomic mass is 9.88. The van der Waals surface area contributed by atoms with Crippen molar-refractivity contribution in [2.45, 2.75) is 52.1 Å². The van der Waals surface area contributed by atoms with Gasteiger partial charge in [-0.25, -0.2) is 4.79 Å². The number of aryl methyl sites for hydroxylation is 1. The third kappa shape index (κ3) is 8.50. The van der Waals surface area contributed by atoms with E-state index in [1.165, 1.54) is 20.3 Å². The Morgan fingerprint density at radius 3 is 2.27 bits per heavy atom. The highest BCUT2D eigenvalue weighted by molar-refractivity contribution is 6.07. The number of methoxy groups -OCH3 is 2. The lowest BCUT2D eigenvalue weighted by Crippen LogP contribution is -2.33. The highest BCUT2D eigenvalue weighted by Gasteiger charge is 2.21. The largest absolute Gasteiger partial charge is 0.493 e. The number of hydrogen-bond donors (Lipinski definition) is 3. The number of hydrogen-bond acceptors (Lipinski definition) is 7. The molecule has 0 bridgehead atoms. The molecule has 0 spiro atoms. The molecule has 0 aliphatic carbocycles. The molecule has 0 radical (unpaired) electrons. The van der Waals surface area contributed by atoms with E-state index in [0.29, 0.717) is 46.6 Å². The predicted molar refractivity (Wildman–Crippen MR) is 174 cm³/mol. The van der Waals surface area contributed by atoms with E-state index in [1.807, 2.05) is 30.3 Å². The molecule has 3 N–H and O–H groups in total. The molecule has 0 saturated heterocycles. The summed E-state index contributed by atoms with van der Waals surface area (Å²) < 4.78 is 16.0. The number of pyridine rings is 1. The van der Waals surface area contributed by atoms with Crippen molar-refractivity contribution in [3.05, 3.63) is 99.3 Å². The Morgan fingerprint density at radius 1 is 0.911 bits per heavy atom. The van der Waals surface area contributed by atoms with Gasteiger partial charge < -0.3 is 29.8 Å². The molecule has 0 unspecified atom stereocenters. The molecule has 236 valence electrons. The van der Waals surface area contributed by atoms with Crippen LogP contribution in [0.1, 0.15) is 71.4 Å². The Balaban J connectivity index is 1.52. The van der Waals surface area contributed by atoms with E-state index < -0.39 is 23.2 Å². The number of nitrogens with one attached hydrogen (secondary N) is 3. The first kappa shape index (κ1) is 32.8. The summed E-state index contributed by atoms with van der Waals surface area (Å²) in [6.07, 6.45) is 0.196. The van der Waals surface area contributed by atoms with Crippen molar-refractivity contribution in [1.29, 1.82) is 0 Å². The van der Waals surface area contributed by atoms with Crippen molar-refractivity contribution in [3.63, 3.8) is 0 Å². The van der Waals surface area contributed by atoms with Gasteiger partial charge in [0.1, 0.15) is 11.2 Å². The Hall–Kier alpha value is -5.12. The number of H-pyrrole nitrogens is 1. The average molecular weight is 614 g/mol. The molecule has 0 fully saturated rings. The SMILES string of the molecule is COc1cc2cc(C(=O)Nc3cc(C(=O)C[C@@H](CCNC(=O)OC(C)(C)C)c4ccccc4)ccc3C)c(=O)[nH]c2cc1OC. The van der Waals surface area contributed by atoms with Crippen LogP contribution in [0.15, 0.2) is 71.5 Å². The van der Waals surface area contributed by atoms with Crippen LogP contribution in [0, 0.1) is 6.92 Å². The molecule has 45 heavy (non-hydrogen) atoms. The molecule has 0 aliphatic heterocycles. The Bertz CT molecular complexity index is 1760. The lowest BCUT2D eigenvalue weighted by Gasteiger charge is -2.21. The number of alkyl carbamates (subject to hydrolysis) is 1. The van der Waals surface area contributed by atoms with Crippen molar-refractivity contribution in [2.24, 2.45) is 0 Å². The number of aromatic amines is 1. The number of amides is 2. The summed E-state index contributed by atoms with van der Waals surface area (Å²) in [5, 5.41) is 6.16. The van der Waals surface area contributed by atoms with E-state index in [-0.39, 0.29) is 23.7 Å². The molecule has 10 nitrogen and oxygen atoms in total. The molecule has 2 amide bonds. The maximum absolute atomic E-state index is 13.5. The summed E-state index contributed by atoms with van der Waals surface area (Å²) >= 11 is 0. The van der Waals surface area contributed by atoms with E-state index in [1.54, 1.807) is 58.0 Å². The summed E-state index contributed by atoms with van der Waals surface area (Å²) in [6.45, 7) is 7.53. The van der Waals surface area contributed by atoms with Crippen LogP contribution in [-0.2, 0) is 4.74 Å². The number of Topliss-reactive ketones (excluding diaryl/α,β-unsaturated/α-hetero) is 1. The van der Waals surface area contributed by atoms with Crippen molar-refractivity contribution in [3.8, 4) is 11.5 Å². The lowest BCUT2D eigenvalue weighted by molar-refractivity contribution is 0.0526. The third-order valence-corrected chi connectivity index (χ3v) is 7.26. The monoisotopic (exact) mass is 613 g/mol. The fourth-order valence-corrected chi connectivity index (χ4v) is 4.94. The summed E-state index contributed by atoms with van der Waals surface area (Å²) in [5.74, 6) is 0.000594. The minimum absolute atomic E-state index is 0.0903. The topological polar surface area (TPSA) is 136 Å². The maximum Gasteiger partial charge on any atom is 0.407 e. The van der Waals surface area contributed by atoms with Gasteiger partial charge in [0.15, 0.2) is 17.3 Å². The smallest absolute Gasteiger partial charge is 0.407 e. The van der Waals surface area contributed by atoms with Crippen LogP contribution < -0.4 is 25.7 Å². The summed E-state index contributed by atoms with van der Waals surface area (Å²) in [7, 11) is 3.00. The predicted octanol–water partition coefficient (Wildman–Crippen LogP) is 6.38. The molecule has 4 aromatic rings. The van der Waals surface area contributed by atoms with Gasteiger partial charge in [-0.15, -0.1) is 0 Å². The number of ketones is 1. The second-order valence-corrected chi connectivity index (χ2v) is 11.7. The van der Waals surface area contributed by atoms with Gasteiger partial charge in [-0.05, 0) is 69.4 Å². The Morgan fingerprint density at radius 2 is 1.60 bits per heavy atom. The van der Waals surface area contributed by atoms with E-state index in [4.69, 9.17) is 14.2 Å². The van der Waals surface area contributed by atoms with Crippen molar-refractivity contribution in [1.82, 2.24) is 10.3 Å². The van der Waals surface area contributed by atoms with Crippen LogP contribution in [0.2, 0.25) is 0 Å². The van der Waals surface area contributed by atoms with Gasteiger partial charge in [-0.2, -0.15) is 0 Å². The second kappa shape index (κ2) is 14.1. The summed E-state index contributed by atoms with van der Waals surface area (Å²) in [5.41, 5.74) is 1.76. The van der Waals surface area contributed by atoms with Gasteiger partial charge in [-0.1, -0.05) is 42.5 Å². The van der Waals surface area contributed by atoms with Gasteiger partial charge in [0.05, 0.1) is 19.7 Å². The summed E-state index contributed by atoms with van der Waals surface area (Å²) in [4.78, 5) is 54.6. The van der Waals surface area contributed by atoms with Gasteiger partial charge in [0.2, 0.25) is 0 Å². The van der Waals surface area contributed by atoms with Gasteiger partial charge in [0.25, 0.3) is 11.5 Å². The first-order valence-corrected chi connectivity index (χ1v) is 14.6. The molecule has 0 aliphatic rings. The van der Waals surface area contributed by atoms with Gasteiger partial charge in [0, 0.05) is 35.7 Å². The van der Waals surface area contributed by atoms with E-state index >= 15 is 0 Å². The molecule has 1 heterocycles. The zero-order chi connectivity index (χ0) is 32.7. The van der Waals surface area contributed by atoms with Crippen molar-refractivity contribution < 1.29 is 28.6 Å². The summed E-state index contributed by atoms with van der Waals surface area (Å²) in [6, 6.07) is 19.5. The quantitative estimate of drug-likeness (QED) is 0.167. The minimum atomic E-state index is -0.615. The highest BCUT2D eigenvalue weighted by atomic mass is 16.6. The first-order valence-electron chi connectivity index (χ1n) is 14.6. The third-order valence-electron chi connectivity index (χ3n) is 7.26. The zero-order valence-corrected chi connectivity index (χ0v) is 26.4. The maximum atomic E-state index is 13.5. The fourth-order valence-electron chi connectivity index (χ4n) is 4.94. The standard InChI is InChI=1S/C35H39N3O7/c1-21-12-13-24(29(39)18-23(22-10-8-7-9-11-22)14-15-36-34(42)45-35(2,3)4)17-27(21)37-32(40)26-16-25-19-30(43-5)31(44-6)20-28(25)38-33(26)41/h7-13,16-17,19-20,23H,14-15,18H2,1-6H3,(H,36,42)(H,37,40)(H,38,41)/t23-/m1/s1. The number of rotatable bonds is 11. The van der Waals surface area contributed by atoms with Crippen LogP contribution in [0.25, 0.3) is 10.9 Å². The van der Waals surface area contributed by atoms with Crippen LogP contribution in [0.5, 0.6) is 11.5 Å². The number of aromatic nitrogens is 1. The second-order valence-electron chi connectivity index (χ2n) is 11.7. The first-order chi connectivity index (χ1) is 21.4. The molecular formula is C35H39N3O7. The number of carbonyl (C=O) groups excluding carboxylic acids is 3. The van der Waals surface area contributed by atoms with Gasteiger partial charge >= 0.3 is 6.09 Å². The number of ether oxygens (including phenoxy) is 3. The van der Waals surface area contributed by atoms with E-state index in [0.717, 1.165) is 11.1 Å². The molecule has 3 aromatic carbocycles. The van der Waals surface area contributed by atoms with E-state index in [9.17, 15) is 19.2 Å². The van der Waals surface area contributed by atoms with Crippen LogP contribution in [0.3, 0.4) is 0 Å². The average Bonchev–Trinajstić information content (AvgIpc) is 3.00. The van der Waals surface area contributed by atoms with Crippen LogP contribution in [0.4, 0.5) is 10.5 Å². The highest BCUT2D eigenvalue weighted by Crippen LogP contribution is 2.31. The van der Waals surface area contributed by atoms with Crippen LogP contribution >= 0.6 is 0 Å². The number of carbonyl (C=O) groups is 3. The zero-order valence-electron chi connectivity index (χ0n) is 26.4. The normalized spacial score (nSPS) is 11.9.